The van der Waals surface area contributed by atoms with Crippen LogP contribution in [0.4, 0.5) is 0 Å². The molecule has 4 rings (SSSR count). The minimum absolute atomic E-state index is 0.00709. The third-order valence-corrected chi connectivity index (χ3v) is 5.34. The van der Waals surface area contributed by atoms with Crippen LogP contribution in [0.5, 0.6) is 11.5 Å². The minimum atomic E-state index is -0.884. The van der Waals surface area contributed by atoms with E-state index in [4.69, 9.17) is 5.11 Å². The average Bonchev–Trinajstić information content (AvgIpc) is 3.10. The predicted molar refractivity (Wildman–Crippen MR) is 111 cm³/mol. The Morgan fingerprint density at radius 1 is 1.00 bits per heavy atom. The number of phenols is 2. The van der Waals surface area contributed by atoms with Gasteiger partial charge in [-0.1, -0.05) is 48.2 Å². The fourth-order valence-corrected chi connectivity index (χ4v) is 3.97. The number of carboxylic acids is 1. The largest absolute Gasteiger partial charge is 0.508 e. The van der Waals surface area contributed by atoms with Crippen LogP contribution in [0, 0.1) is 0 Å². The van der Waals surface area contributed by atoms with Crippen molar-refractivity contribution in [3.8, 4) is 28.6 Å². The molecule has 0 amide bonds. The van der Waals surface area contributed by atoms with Gasteiger partial charge in [-0.2, -0.15) is 0 Å². The molecule has 0 saturated carbocycles. The highest BCUT2D eigenvalue weighted by Gasteiger charge is 2.20. The van der Waals surface area contributed by atoms with Gasteiger partial charge in [-0.05, 0) is 23.6 Å². The van der Waals surface area contributed by atoms with Crippen LogP contribution >= 0.6 is 11.8 Å². The third-order valence-electron chi connectivity index (χ3n) is 4.41. The summed E-state index contributed by atoms with van der Waals surface area (Å²) in [5.74, 6) is -0.332. The molecule has 0 aliphatic rings. The number of fused-ring (bicyclic) bond motifs is 1. The summed E-state index contributed by atoms with van der Waals surface area (Å²) < 4.78 is 1.81. The monoisotopic (exact) mass is 407 g/mol. The highest BCUT2D eigenvalue weighted by atomic mass is 32.2. The van der Waals surface area contributed by atoms with Crippen molar-refractivity contribution in [1.29, 1.82) is 0 Å². The summed E-state index contributed by atoms with van der Waals surface area (Å²) in [6.07, 6.45) is -0.00709. The van der Waals surface area contributed by atoms with Gasteiger partial charge in [-0.3, -0.25) is 9.36 Å². The number of aromatic hydroxyl groups is 2. The lowest BCUT2D eigenvalue weighted by Crippen LogP contribution is -2.02. The fourth-order valence-electron chi connectivity index (χ4n) is 3.10. The molecule has 3 N–H and O–H groups in total. The molecule has 29 heavy (non-hydrogen) atoms. The van der Waals surface area contributed by atoms with Crippen molar-refractivity contribution in [1.82, 2.24) is 14.8 Å². The van der Waals surface area contributed by atoms with Crippen LogP contribution < -0.4 is 0 Å². The van der Waals surface area contributed by atoms with Crippen molar-refractivity contribution < 1.29 is 20.1 Å². The first-order valence-corrected chi connectivity index (χ1v) is 9.83. The topological polar surface area (TPSA) is 108 Å². The van der Waals surface area contributed by atoms with Crippen LogP contribution in [-0.2, 0) is 4.79 Å². The quantitative estimate of drug-likeness (QED) is 0.414. The summed E-state index contributed by atoms with van der Waals surface area (Å²) in [5, 5.41) is 40.0. The van der Waals surface area contributed by atoms with Gasteiger partial charge in [0.25, 0.3) is 0 Å². The van der Waals surface area contributed by atoms with Gasteiger partial charge in [0.15, 0.2) is 11.0 Å². The lowest BCUT2D eigenvalue weighted by molar-refractivity contribution is -0.136. The second kappa shape index (κ2) is 7.84. The van der Waals surface area contributed by atoms with Gasteiger partial charge in [0.2, 0.25) is 0 Å². The summed E-state index contributed by atoms with van der Waals surface area (Å²) in [7, 11) is 0. The summed E-state index contributed by atoms with van der Waals surface area (Å²) >= 11 is 1.28. The SMILES string of the molecule is O=C(O)CCSc1nnc(-c2ccc(O)cc2O)n1-c1cccc2ccccc12. The summed E-state index contributed by atoms with van der Waals surface area (Å²) in [5.41, 5.74) is 1.22. The normalized spacial score (nSPS) is 11.0. The van der Waals surface area contributed by atoms with Crippen molar-refractivity contribution in [3.05, 3.63) is 60.7 Å². The predicted octanol–water partition coefficient (Wildman–Crippen LogP) is 4.07. The van der Waals surface area contributed by atoms with Gasteiger partial charge in [-0.15, -0.1) is 10.2 Å². The molecule has 4 aromatic rings. The van der Waals surface area contributed by atoms with Gasteiger partial charge in [0.05, 0.1) is 17.7 Å². The molecule has 0 atom stereocenters. The number of hydrogen-bond acceptors (Lipinski definition) is 6. The van der Waals surface area contributed by atoms with Crippen LogP contribution in [0.3, 0.4) is 0 Å². The molecule has 0 aliphatic carbocycles. The molecule has 0 saturated heterocycles. The zero-order valence-corrected chi connectivity index (χ0v) is 16.0. The van der Waals surface area contributed by atoms with Crippen molar-refractivity contribution >= 4 is 28.5 Å². The van der Waals surface area contributed by atoms with E-state index in [2.05, 4.69) is 10.2 Å². The smallest absolute Gasteiger partial charge is 0.304 e. The average molecular weight is 407 g/mol. The lowest BCUT2D eigenvalue weighted by atomic mass is 10.1. The van der Waals surface area contributed by atoms with E-state index < -0.39 is 5.97 Å². The standard InChI is InChI=1S/C21H17N3O4S/c25-14-8-9-16(18(26)12-14)20-22-23-21(29-11-10-19(27)28)24(20)17-7-3-5-13-4-1-2-6-15(13)17/h1-9,12,25-26H,10-11H2,(H,27,28). The second-order valence-electron chi connectivity index (χ2n) is 6.33. The number of carbonyl (C=O) groups is 1. The molecule has 3 aromatic carbocycles. The zero-order chi connectivity index (χ0) is 20.4. The highest BCUT2D eigenvalue weighted by Crippen LogP contribution is 2.36. The van der Waals surface area contributed by atoms with E-state index in [-0.39, 0.29) is 17.9 Å². The second-order valence-corrected chi connectivity index (χ2v) is 7.40. The van der Waals surface area contributed by atoms with Crippen molar-refractivity contribution in [2.75, 3.05) is 5.75 Å². The minimum Gasteiger partial charge on any atom is -0.508 e. The van der Waals surface area contributed by atoms with Gasteiger partial charge in [0.1, 0.15) is 11.5 Å². The molecule has 0 fully saturated rings. The Morgan fingerprint density at radius 2 is 1.79 bits per heavy atom. The van der Waals surface area contributed by atoms with Crippen LogP contribution in [0.2, 0.25) is 0 Å². The van der Waals surface area contributed by atoms with Gasteiger partial charge in [0, 0.05) is 17.2 Å². The molecule has 7 nitrogen and oxygen atoms in total. The van der Waals surface area contributed by atoms with Gasteiger partial charge in [-0.25, -0.2) is 0 Å². The van der Waals surface area contributed by atoms with E-state index in [0.29, 0.717) is 22.3 Å². The number of aliphatic carboxylic acids is 1. The number of rotatable bonds is 6. The Hall–Kier alpha value is -3.52. The first-order chi connectivity index (χ1) is 14.0. The Kier molecular flexibility index (Phi) is 5.09. The molecule has 0 unspecified atom stereocenters. The lowest BCUT2D eigenvalue weighted by Gasteiger charge is -2.13. The van der Waals surface area contributed by atoms with E-state index >= 15 is 0 Å². The molecule has 0 bridgehead atoms. The van der Waals surface area contributed by atoms with Crippen molar-refractivity contribution in [2.24, 2.45) is 0 Å². The Bertz CT molecular complexity index is 1200. The first kappa shape index (κ1) is 18.8. The number of aromatic nitrogens is 3. The van der Waals surface area contributed by atoms with E-state index in [1.54, 1.807) is 10.6 Å². The number of nitrogens with zero attached hydrogens (tertiary/aromatic N) is 3. The molecule has 1 heterocycles. The molecule has 0 radical (unpaired) electrons. The highest BCUT2D eigenvalue weighted by molar-refractivity contribution is 7.99. The third kappa shape index (κ3) is 3.74. The van der Waals surface area contributed by atoms with E-state index in [9.17, 15) is 15.0 Å². The van der Waals surface area contributed by atoms with Crippen LogP contribution in [0.25, 0.3) is 27.8 Å². The summed E-state index contributed by atoms with van der Waals surface area (Å²) in [6, 6.07) is 18.0. The molecule has 146 valence electrons. The summed E-state index contributed by atoms with van der Waals surface area (Å²) in [4.78, 5) is 10.9. The summed E-state index contributed by atoms with van der Waals surface area (Å²) in [6.45, 7) is 0. The van der Waals surface area contributed by atoms with Crippen LogP contribution in [0.1, 0.15) is 6.42 Å². The van der Waals surface area contributed by atoms with E-state index in [1.165, 1.54) is 23.9 Å². The van der Waals surface area contributed by atoms with E-state index in [1.807, 2.05) is 42.5 Å². The maximum atomic E-state index is 10.9. The molecule has 8 heteroatoms. The Labute approximate surface area is 170 Å². The molecular weight excluding hydrogens is 390 g/mol. The van der Waals surface area contributed by atoms with Gasteiger partial charge >= 0.3 is 5.97 Å². The fraction of sp³-hybridized carbons (Fsp3) is 0.0952. The van der Waals surface area contributed by atoms with Crippen LogP contribution in [0.15, 0.2) is 65.8 Å². The van der Waals surface area contributed by atoms with Crippen molar-refractivity contribution in [3.63, 3.8) is 0 Å². The zero-order valence-electron chi connectivity index (χ0n) is 15.2. The Morgan fingerprint density at radius 3 is 2.59 bits per heavy atom. The maximum Gasteiger partial charge on any atom is 0.304 e. The number of carboxylic acid groups (broad SMARTS) is 1. The number of thioether (sulfide) groups is 1. The number of benzene rings is 3. The maximum absolute atomic E-state index is 10.9. The Balaban J connectivity index is 1.91. The molecule has 0 aliphatic heterocycles. The molecular formula is C21H17N3O4S. The number of phenolic OH excluding ortho intramolecular Hbond substituents is 2. The van der Waals surface area contributed by atoms with Gasteiger partial charge < -0.3 is 15.3 Å². The first-order valence-electron chi connectivity index (χ1n) is 8.85. The molecule has 0 spiro atoms. The van der Waals surface area contributed by atoms with Crippen molar-refractivity contribution in [2.45, 2.75) is 11.6 Å². The van der Waals surface area contributed by atoms with E-state index in [0.717, 1.165) is 16.5 Å². The number of hydrogen-bond donors (Lipinski definition) is 3. The van der Waals surface area contributed by atoms with Crippen LogP contribution in [-0.4, -0.2) is 41.8 Å². The molecule has 1 aromatic heterocycles.